The van der Waals surface area contributed by atoms with Gasteiger partial charge in [-0.2, -0.15) is 0 Å². The molecule has 0 amide bonds. The quantitative estimate of drug-likeness (QED) is 0.523. The average molecular weight is 332 g/mol. The first-order chi connectivity index (χ1) is 10.5. The van der Waals surface area contributed by atoms with Crippen molar-refractivity contribution in [3.8, 4) is 0 Å². The lowest BCUT2D eigenvalue weighted by Gasteiger charge is -2.14. The molecule has 1 aromatic carbocycles. The second-order valence-corrected chi connectivity index (χ2v) is 6.95. The maximum Gasteiger partial charge on any atom is 0.126 e. The lowest BCUT2D eigenvalue weighted by atomic mass is 10.1. The molecular formula is C17H30FO3P. The van der Waals surface area contributed by atoms with E-state index in [1.165, 1.54) is 12.8 Å². The summed E-state index contributed by atoms with van der Waals surface area (Å²) in [7, 11) is 0.487. The molecule has 22 heavy (non-hydrogen) atoms. The van der Waals surface area contributed by atoms with Crippen LogP contribution in [0.15, 0.2) is 12.1 Å². The average Bonchev–Trinajstić information content (AvgIpc) is 2.51. The van der Waals surface area contributed by atoms with Crippen LogP contribution in [0.1, 0.15) is 42.9 Å². The fourth-order valence-electron chi connectivity index (χ4n) is 1.89. The minimum atomic E-state index is -0.513. The Labute approximate surface area is 135 Å². The first-order valence-electron chi connectivity index (χ1n) is 7.66. The van der Waals surface area contributed by atoms with Crippen LogP contribution in [0.2, 0.25) is 0 Å². The summed E-state index contributed by atoms with van der Waals surface area (Å²) in [6.45, 7) is 9.32. The summed E-state index contributed by atoms with van der Waals surface area (Å²) in [4.78, 5) is 0. The predicted octanol–water partition coefficient (Wildman–Crippen LogP) is 4.76. The van der Waals surface area contributed by atoms with Crippen molar-refractivity contribution in [3.63, 3.8) is 0 Å². The molecule has 0 fully saturated rings. The van der Waals surface area contributed by atoms with Crippen molar-refractivity contribution < 1.29 is 18.8 Å². The van der Waals surface area contributed by atoms with E-state index in [1.807, 2.05) is 13.0 Å². The van der Waals surface area contributed by atoms with Crippen LogP contribution >= 0.6 is 8.15 Å². The Hall–Kier alpha value is -0.540. The van der Waals surface area contributed by atoms with E-state index >= 15 is 0 Å². The Morgan fingerprint density at radius 1 is 1.14 bits per heavy atom. The molecule has 0 aliphatic rings. The summed E-state index contributed by atoms with van der Waals surface area (Å²) in [5.41, 5.74) is 2.67. The van der Waals surface area contributed by atoms with Crippen molar-refractivity contribution in [2.75, 3.05) is 26.7 Å². The predicted molar refractivity (Wildman–Crippen MR) is 92.0 cm³/mol. The summed E-state index contributed by atoms with van der Waals surface area (Å²) in [5, 5.41) is 7.00. The van der Waals surface area contributed by atoms with Gasteiger partial charge in [0.25, 0.3) is 0 Å². The number of benzene rings is 1. The maximum atomic E-state index is 13.4. The van der Waals surface area contributed by atoms with Crippen molar-refractivity contribution in [2.45, 2.75) is 46.6 Å². The smallest absolute Gasteiger partial charge is 0.126 e. The normalized spacial score (nSPS) is 11.8. The first-order valence-corrected chi connectivity index (χ1v) is 9.56. The number of aliphatic hydroxyl groups is 1. The summed E-state index contributed by atoms with van der Waals surface area (Å²) in [6, 6.07) is 3.44. The van der Waals surface area contributed by atoms with E-state index in [-0.39, 0.29) is 5.82 Å². The van der Waals surface area contributed by atoms with Gasteiger partial charge in [0.05, 0.1) is 27.7 Å². The van der Waals surface area contributed by atoms with E-state index in [0.29, 0.717) is 18.5 Å². The van der Waals surface area contributed by atoms with Gasteiger partial charge in [0, 0.05) is 7.11 Å². The molecule has 1 N–H and O–H groups in total. The minimum absolute atomic E-state index is 0.150. The fraction of sp³-hybridized carbons (Fsp3) is 0.647. The molecular weight excluding hydrogens is 302 g/mol. The van der Waals surface area contributed by atoms with Crippen molar-refractivity contribution >= 4 is 8.15 Å². The Morgan fingerprint density at radius 3 is 2.45 bits per heavy atom. The number of hydrogen-bond acceptors (Lipinski definition) is 3. The molecule has 3 nitrogen and oxygen atoms in total. The third kappa shape index (κ3) is 8.79. The maximum absolute atomic E-state index is 13.4. The zero-order valence-corrected chi connectivity index (χ0v) is 15.4. The Morgan fingerprint density at radius 2 is 1.82 bits per heavy atom. The largest absolute Gasteiger partial charge is 0.400 e. The molecule has 0 bridgehead atoms. The number of rotatable bonds is 9. The van der Waals surface area contributed by atoms with Crippen molar-refractivity contribution in [3.05, 3.63) is 34.6 Å². The lowest BCUT2D eigenvalue weighted by Crippen LogP contribution is -2.00. The van der Waals surface area contributed by atoms with Gasteiger partial charge in [-0.15, -0.1) is 0 Å². The van der Waals surface area contributed by atoms with E-state index in [0.717, 1.165) is 31.3 Å². The Bertz CT molecular complexity index is 413. The van der Waals surface area contributed by atoms with E-state index in [9.17, 15) is 4.39 Å². The van der Waals surface area contributed by atoms with Gasteiger partial charge < -0.3 is 14.4 Å². The molecule has 5 heteroatoms. The fourth-order valence-corrected chi connectivity index (χ4v) is 2.75. The van der Waals surface area contributed by atoms with Crippen LogP contribution in [0.3, 0.4) is 0 Å². The molecule has 0 radical (unpaired) electrons. The lowest BCUT2D eigenvalue weighted by molar-refractivity contribution is 0.156. The monoisotopic (exact) mass is 332 g/mol. The molecule has 0 heterocycles. The molecule has 0 aliphatic carbocycles. The highest BCUT2D eigenvalue weighted by molar-refractivity contribution is 7.51. The Balaban J connectivity index is 0.00000211. The standard InChI is InChI=1S/C16H26FO2P.CH4O/c1-5-6-7-8-19-20(4)12-18-11-15-9-14(3)16(17)10-13(15)2;1-2/h9-10H,5-8,11-12H2,1-4H3;2H,1H3. The highest BCUT2D eigenvalue weighted by Crippen LogP contribution is 2.32. The molecule has 0 spiro atoms. The van der Waals surface area contributed by atoms with E-state index in [2.05, 4.69) is 13.6 Å². The molecule has 0 saturated carbocycles. The van der Waals surface area contributed by atoms with Gasteiger partial charge >= 0.3 is 0 Å². The van der Waals surface area contributed by atoms with Gasteiger partial charge in [-0.05, 0) is 49.7 Å². The van der Waals surface area contributed by atoms with Gasteiger partial charge in [-0.1, -0.05) is 25.8 Å². The molecule has 1 atom stereocenters. The molecule has 0 aromatic heterocycles. The van der Waals surface area contributed by atoms with Crippen LogP contribution < -0.4 is 0 Å². The van der Waals surface area contributed by atoms with Crippen LogP contribution in [0.25, 0.3) is 0 Å². The topological polar surface area (TPSA) is 38.7 Å². The van der Waals surface area contributed by atoms with Crippen LogP contribution in [-0.4, -0.2) is 31.8 Å². The van der Waals surface area contributed by atoms with Gasteiger partial charge in [-0.25, -0.2) is 4.39 Å². The SMILES string of the molecule is CCCCCOP(C)COCc1cc(C)c(F)cc1C.CO. The van der Waals surface area contributed by atoms with Crippen molar-refractivity contribution in [2.24, 2.45) is 0 Å². The van der Waals surface area contributed by atoms with Crippen molar-refractivity contribution in [1.29, 1.82) is 0 Å². The van der Waals surface area contributed by atoms with E-state index in [4.69, 9.17) is 14.4 Å². The second kappa shape index (κ2) is 13.0. The van der Waals surface area contributed by atoms with Crippen LogP contribution in [-0.2, 0) is 15.9 Å². The van der Waals surface area contributed by atoms with E-state index < -0.39 is 8.15 Å². The summed E-state index contributed by atoms with van der Waals surface area (Å²) < 4.78 is 24.8. The van der Waals surface area contributed by atoms with Gasteiger partial charge in [-0.3, -0.25) is 0 Å². The van der Waals surface area contributed by atoms with Crippen molar-refractivity contribution in [1.82, 2.24) is 0 Å². The van der Waals surface area contributed by atoms with Gasteiger partial charge in [0.1, 0.15) is 5.82 Å². The molecule has 1 aromatic rings. The van der Waals surface area contributed by atoms with Crippen LogP contribution in [0, 0.1) is 19.7 Å². The minimum Gasteiger partial charge on any atom is -0.400 e. The molecule has 0 aliphatic heterocycles. The number of halogens is 1. The molecule has 1 unspecified atom stereocenters. The van der Waals surface area contributed by atoms with Crippen LogP contribution in [0.4, 0.5) is 4.39 Å². The highest BCUT2D eigenvalue weighted by atomic mass is 31.1. The first kappa shape index (κ1) is 21.5. The van der Waals surface area contributed by atoms with Crippen LogP contribution in [0.5, 0.6) is 0 Å². The molecule has 1 rings (SSSR count). The number of ether oxygens (including phenoxy) is 1. The van der Waals surface area contributed by atoms with E-state index in [1.54, 1.807) is 13.0 Å². The van der Waals surface area contributed by atoms with Gasteiger partial charge in [0.2, 0.25) is 0 Å². The number of aliphatic hydroxyl groups excluding tert-OH is 1. The Kier molecular flexibility index (Phi) is 12.6. The third-order valence-corrected chi connectivity index (χ3v) is 4.38. The zero-order valence-electron chi connectivity index (χ0n) is 14.5. The highest BCUT2D eigenvalue weighted by Gasteiger charge is 2.06. The number of unbranched alkanes of at least 4 members (excludes halogenated alkanes) is 2. The summed E-state index contributed by atoms with van der Waals surface area (Å²) >= 11 is 0. The molecule has 0 saturated heterocycles. The zero-order chi connectivity index (χ0) is 17.0. The van der Waals surface area contributed by atoms with Gasteiger partial charge in [0.15, 0.2) is 0 Å². The summed E-state index contributed by atoms with van der Waals surface area (Å²) in [5.74, 6) is -0.150. The second-order valence-electron chi connectivity index (χ2n) is 5.17. The third-order valence-electron chi connectivity index (χ3n) is 3.21. The summed E-state index contributed by atoms with van der Waals surface area (Å²) in [6.07, 6.45) is 4.19. The number of hydrogen-bond donors (Lipinski definition) is 1. The number of aryl methyl sites for hydroxylation is 2. The molecule has 128 valence electrons.